The normalized spacial score (nSPS) is 12.6. The number of carboxylic acid groups (broad SMARTS) is 1. The summed E-state index contributed by atoms with van der Waals surface area (Å²) < 4.78 is 21.4. The van der Waals surface area contributed by atoms with E-state index in [0.717, 1.165) is 5.56 Å². The topological polar surface area (TPSA) is 94.1 Å². The Morgan fingerprint density at radius 3 is 2.59 bits per heavy atom. The van der Waals surface area contributed by atoms with Crippen LogP contribution in [0.15, 0.2) is 42.5 Å². The molecule has 0 unspecified atom stereocenters. The Bertz CT molecular complexity index is 851. The van der Waals surface area contributed by atoms with Crippen LogP contribution in [0.4, 0.5) is 0 Å². The summed E-state index contributed by atoms with van der Waals surface area (Å²) in [6, 6.07) is 9.70. The summed E-state index contributed by atoms with van der Waals surface area (Å²) in [5.74, 6) is 0.481. The summed E-state index contributed by atoms with van der Waals surface area (Å²) >= 11 is 0. The van der Waals surface area contributed by atoms with Crippen molar-refractivity contribution in [2.75, 3.05) is 26.9 Å². The third-order valence-corrected chi connectivity index (χ3v) is 3.77. The standard InChI is InChI=1S/C20H18O7/c1-24-17-10-13(11-18-20(17)26-9-8-25-18)2-7-16(21)14-3-5-15(6-4-14)27-12-19(22)23/h2-7,10-11H,8-9,12H2,1H3,(H,22,23)/p-1/b7-2+. The van der Waals surface area contributed by atoms with Crippen LogP contribution in [0.2, 0.25) is 0 Å². The minimum atomic E-state index is -1.31. The van der Waals surface area contributed by atoms with Gasteiger partial charge in [0.15, 0.2) is 17.3 Å². The van der Waals surface area contributed by atoms with Crippen LogP contribution in [-0.4, -0.2) is 38.7 Å². The average molecular weight is 369 g/mol. The number of hydrogen-bond donors (Lipinski definition) is 0. The second-order valence-electron chi connectivity index (χ2n) is 5.63. The maximum absolute atomic E-state index is 12.3. The van der Waals surface area contributed by atoms with Crippen molar-refractivity contribution in [3.63, 3.8) is 0 Å². The third kappa shape index (κ3) is 4.58. The van der Waals surface area contributed by atoms with Crippen LogP contribution in [-0.2, 0) is 4.79 Å². The van der Waals surface area contributed by atoms with Crippen LogP contribution < -0.4 is 24.1 Å². The molecule has 140 valence electrons. The lowest BCUT2D eigenvalue weighted by atomic mass is 10.1. The van der Waals surface area contributed by atoms with E-state index in [0.29, 0.717) is 41.8 Å². The molecule has 2 aromatic carbocycles. The number of rotatable bonds is 7. The molecule has 0 radical (unpaired) electrons. The van der Waals surface area contributed by atoms with Gasteiger partial charge in [0.1, 0.15) is 25.6 Å². The smallest absolute Gasteiger partial charge is 0.203 e. The number of fused-ring (bicyclic) bond motifs is 1. The fourth-order valence-electron chi connectivity index (χ4n) is 2.52. The van der Waals surface area contributed by atoms with E-state index in [4.69, 9.17) is 18.9 Å². The molecule has 1 aliphatic heterocycles. The minimum Gasteiger partial charge on any atom is -0.546 e. The molecule has 3 rings (SSSR count). The van der Waals surface area contributed by atoms with Crippen LogP contribution in [0.5, 0.6) is 23.0 Å². The van der Waals surface area contributed by atoms with Gasteiger partial charge in [-0.3, -0.25) is 4.79 Å². The monoisotopic (exact) mass is 369 g/mol. The highest BCUT2D eigenvalue weighted by atomic mass is 16.6. The first kappa shape index (κ1) is 18.3. The summed E-state index contributed by atoms with van der Waals surface area (Å²) in [5.41, 5.74) is 1.18. The number of aliphatic carboxylic acids is 1. The number of ether oxygens (including phenoxy) is 4. The molecule has 0 fully saturated rings. The van der Waals surface area contributed by atoms with Crippen LogP contribution in [0.25, 0.3) is 6.08 Å². The summed E-state index contributed by atoms with van der Waals surface area (Å²) in [5, 5.41) is 10.4. The molecule has 0 amide bonds. The SMILES string of the molecule is COc1cc(/C=C/C(=O)c2ccc(OCC(=O)[O-])cc2)cc2c1OCCO2. The van der Waals surface area contributed by atoms with Crippen LogP contribution in [0.3, 0.4) is 0 Å². The van der Waals surface area contributed by atoms with Crippen LogP contribution >= 0.6 is 0 Å². The molecule has 0 bridgehead atoms. The molecule has 2 aromatic rings. The van der Waals surface area contributed by atoms with E-state index in [9.17, 15) is 14.7 Å². The van der Waals surface area contributed by atoms with E-state index in [1.54, 1.807) is 30.3 Å². The molecule has 1 heterocycles. The zero-order valence-electron chi connectivity index (χ0n) is 14.6. The molecular formula is C20H17O7-. The predicted octanol–water partition coefficient (Wildman–Crippen LogP) is 1.49. The molecule has 0 aromatic heterocycles. The lowest BCUT2D eigenvalue weighted by Gasteiger charge is -2.20. The average Bonchev–Trinajstić information content (AvgIpc) is 2.70. The van der Waals surface area contributed by atoms with Gasteiger partial charge in [-0.15, -0.1) is 0 Å². The Balaban J connectivity index is 1.72. The maximum atomic E-state index is 12.3. The highest BCUT2D eigenvalue weighted by molar-refractivity contribution is 6.06. The van der Waals surface area contributed by atoms with E-state index in [1.165, 1.54) is 25.3 Å². The van der Waals surface area contributed by atoms with Crippen molar-refractivity contribution in [2.45, 2.75) is 0 Å². The van der Waals surface area contributed by atoms with Gasteiger partial charge in [0.2, 0.25) is 5.75 Å². The van der Waals surface area contributed by atoms with Crippen LogP contribution in [0.1, 0.15) is 15.9 Å². The molecule has 0 spiro atoms. The number of hydrogen-bond acceptors (Lipinski definition) is 7. The van der Waals surface area contributed by atoms with Gasteiger partial charge in [-0.2, -0.15) is 0 Å². The van der Waals surface area contributed by atoms with E-state index in [1.807, 2.05) is 0 Å². The number of ketones is 1. The Hall–Kier alpha value is -3.48. The Kier molecular flexibility index (Phi) is 5.61. The second-order valence-corrected chi connectivity index (χ2v) is 5.63. The molecule has 27 heavy (non-hydrogen) atoms. The number of allylic oxidation sites excluding steroid dienone is 1. The van der Waals surface area contributed by atoms with Crippen molar-refractivity contribution in [2.24, 2.45) is 0 Å². The van der Waals surface area contributed by atoms with E-state index in [2.05, 4.69) is 0 Å². The lowest BCUT2D eigenvalue weighted by Crippen LogP contribution is -2.28. The first-order valence-corrected chi connectivity index (χ1v) is 8.19. The molecule has 0 aliphatic carbocycles. The van der Waals surface area contributed by atoms with Gasteiger partial charge in [0, 0.05) is 5.56 Å². The highest BCUT2D eigenvalue weighted by Crippen LogP contribution is 2.40. The zero-order chi connectivity index (χ0) is 19.2. The Labute approximate surface area is 155 Å². The van der Waals surface area contributed by atoms with Gasteiger partial charge < -0.3 is 28.8 Å². The largest absolute Gasteiger partial charge is 0.546 e. The first-order chi connectivity index (χ1) is 13.1. The number of methoxy groups -OCH3 is 1. The molecule has 0 saturated carbocycles. The Morgan fingerprint density at radius 1 is 1.15 bits per heavy atom. The number of benzene rings is 2. The summed E-state index contributed by atoms with van der Waals surface area (Å²) in [7, 11) is 1.54. The third-order valence-electron chi connectivity index (χ3n) is 3.77. The van der Waals surface area contributed by atoms with Gasteiger partial charge in [-0.05, 0) is 48.0 Å². The zero-order valence-corrected chi connectivity index (χ0v) is 14.6. The van der Waals surface area contributed by atoms with Crippen molar-refractivity contribution in [1.82, 2.24) is 0 Å². The van der Waals surface area contributed by atoms with Gasteiger partial charge in [-0.25, -0.2) is 0 Å². The van der Waals surface area contributed by atoms with Crippen molar-refractivity contribution in [1.29, 1.82) is 0 Å². The number of carbonyl (C=O) groups excluding carboxylic acids is 2. The minimum absolute atomic E-state index is 0.213. The van der Waals surface area contributed by atoms with Gasteiger partial charge in [-0.1, -0.05) is 6.08 Å². The molecule has 0 N–H and O–H groups in total. The quantitative estimate of drug-likeness (QED) is 0.539. The maximum Gasteiger partial charge on any atom is 0.203 e. The molecular weight excluding hydrogens is 352 g/mol. The second kappa shape index (κ2) is 8.27. The summed E-state index contributed by atoms with van der Waals surface area (Å²) in [6.07, 6.45) is 3.09. The molecule has 7 nitrogen and oxygen atoms in total. The first-order valence-electron chi connectivity index (χ1n) is 8.19. The van der Waals surface area contributed by atoms with E-state index >= 15 is 0 Å². The highest BCUT2D eigenvalue weighted by Gasteiger charge is 2.17. The summed E-state index contributed by atoms with van der Waals surface area (Å²) in [6.45, 7) is 0.369. The van der Waals surface area contributed by atoms with Crippen molar-refractivity contribution >= 4 is 17.8 Å². The molecule has 7 heteroatoms. The van der Waals surface area contributed by atoms with Crippen molar-refractivity contribution in [3.05, 3.63) is 53.6 Å². The molecule has 0 atom stereocenters. The predicted molar refractivity (Wildman–Crippen MR) is 94.3 cm³/mol. The Morgan fingerprint density at radius 2 is 1.89 bits per heavy atom. The van der Waals surface area contributed by atoms with Crippen molar-refractivity contribution in [3.8, 4) is 23.0 Å². The van der Waals surface area contributed by atoms with Gasteiger partial charge in [0.25, 0.3) is 0 Å². The van der Waals surface area contributed by atoms with E-state index < -0.39 is 12.6 Å². The number of carbonyl (C=O) groups is 2. The van der Waals surface area contributed by atoms with Gasteiger partial charge >= 0.3 is 0 Å². The molecule has 0 saturated heterocycles. The fourth-order valence-corrected chi connectivity index (χ4v) is 2.52. The number of carboxylic acids is 1. The fraction of sp³-hybridized carbons (Fsp3) is 0.200. The van der Waals surface area contributed by atoms with Crippen LogP contribution in [0, 0.1) is 0 Å². The summed E-state index contributed by atoms with van der Waals surface area (Å²) in [4.78, 5) is 22.7. The van der Waals surface area contributed by atoms with Gasteiger partial charge in [0.05, 0.1) is 13.1 Å². The van der Waals surface area contributed by atoms with Crippen molar-refractivity contribution < 1.29 is 33.6 Å². The lowest BCUT2D eigenvalue weighted by molar-refractivity contribution is -0.307. The van der Waals surface area contributed by atoms with E-state index in [-0.39, 0.29) is 5.78 Å². The molecule has 1 aliphatic rings.